The molecule has 14 heavy (non-hydrogen) atoms. The van der Waals surface area contributed by atoms with Gasteiger partial charge in [-0.2, -0.15) is 0 Å². The summed E-state index contributed by atoms with van der Waals surface area (Å²) in [6, 6.07) is 4.07. The molecule has 2 heterocycles. The number of ether oxygens (including phenoxy) is 2. The fourth-order valence-corrected chi connectivity index (χ4v) is 2.53. The van der Waals surface area contributed by atoms with Crippen molar-refractivity contribution in [1.82, 2.24) is 0 Å². The molecule has 0 N–H and O–H groups in total. The van der Waals surface area contributed by atoms with Crippen molar-refractivity contribution in [3.63, 3.8) is 0 Å². The second-order valence-corrected chi connectivity index (χ2v) is 4.57. The molecule has 0 fully saturated rings. The van der Waals surface area contributed by atoms with E-state index < -0.39 is 0 Å². The smallest absolute Gasteiger partial charge is 0.159 e. The highest BCUT2D eigenvalue weighted by Crippen LogP contribution is 2.44. The molecule has 0 bridgehead atoms. The molecule has 0 saturated heterocycles. The van der Waals surface area contributed by atoms with Crippen LogP contribution in [0.25, 0.3) is 0 Å². The molecule has 74 valence electrons. The number of hydrogen-bond acceptors (Lipinski definition) is 3. The summed E-state index contributed by atoms with van der Waals surface area (Å²) in [5.41, 5.74) is 1.15. The predicted molar refractivity (Wildman–Crippen MR) is 62.4 cm³/mol. The maximum absolute atomic E-state index is 5.67. The van der Waals surface area contributed by atoms with Crippen LogP contribution in [0.1, 0.15) is 0 Å². The van der Waals surface area contributed by atoms with Crippen LogP contribution in [0.2, 0.25) is 0 Å². The van der Waals surface area contributed by atoms with Gasteiger partial charge in [0, 0.05) is 0 Å². The fourth-order valence-electron chi connectivity index (χ4n) is 1.94. The van der Waals surface area contributed by atoms with Crippen molar-refractivity contribution in [2.45, 2.75) is 0 Å². The Balaban J connectivity index is 2.22. The molecule has 0 radical (unpaired) electrons. The molecule has 1 aromatic carbocycles. The SMILES string of the molecule is Ic1ccc2c3c1OCCN3CCO2. The lowest BCUT2D eigenvalue weighted by molar-refractivity contribution is 0.262. The Hall–Kier alpha value is -0.650. The zero-order valence-electron chi connectivity index (χ0n) is 7.62. The van der Waals surface area contributed by atoms with Crippen LogP contribution < -0.4 is 14.4 Å². The first-order chi connectivity index (χ1) is 6.86. The average molecular weight is 303 g/mol. The van der Waals surface area contributed by atoms with Gasteiger partial charge in [0.25, 0.3) is 0 Å². The Morgan fingerprint density at radius 1 is 1.14 bits per heavy atom. The number of anilines is 1. The largest absolute Gasteiger partial charge is 0.489 e. The first-order valence-corrected chi connectivity index (χ1v) is 5.77. The van der Waals surface area contributed by atoms with Gasteiger partial charge in [-0.05, 0) is 34.7 Å². The van der Waals surface area contributed by atoms with E-state index in [4.69, 9.17) is 9.47 Å². The number of halogens is 1. The first-order valence-electron chi connectivity index (χ1n) is 4.69. The van der Waals surface area contributed by atoms with Crippen molar-refractivity contribution in [1.29, 1.82) is 0 Å². The fraction of sp³-hybridized carbons (Fsp3) is 0.400. The van der Waals surface area contributed by atoms with Gasteiger partial charge in [-0.15, -0.1) is 0 Å². The second kappa shape index (κ2) is 3.18. The average Bonchev–Trinajstić information content (AvgIpc) is 2.24. The van der Waals surface area contributed by atoms with Gasteiger partial charge in [-0.25, -0.2) is 0 Å². The molecule has 3 nitrogen and oxygen atoms in total. The van der Waals surface area contributed by atoms with Crippen molar-refractivity contribution in [3.8, 4) is 11.5 Å². The Morgan fingerprint density at radius 2 is 1.93 bits per heavy atom. The summed E-state index contributed by atoms with van der Waals surface area (Å²) in [4.78, 5) is 2.35. The van der Waals surface area contributed by atoms with Crippen LogP contribution in [-0.2, 0) is 0 Å². The molecule has 0 atom stereocenters. The number of nitrogens with zero attached hydrogens (tertiary/aromatic N) is 1. The summed E-state index contributed by atoms with van der Waals surface area (Å²) >= 11 is 2.30. The molecule has 0 saturated carbocycles. The maximum atomic E-state index is 5.67. The lowest BCUT2D eigenvalue weighted by atomic mass is 10.2. The van der Waals surface area contributed by atoms with Crippen LogP contribution in [0.15, 0.2) is 12.1 Å². The lowest BCUT2D eigenvalue weighted by Crippen LogP contribution is -2.39. The van der Waals surface area contributed by atoms with Crippen LogP contribution in [0, 0.1) is 3.57 Å². The van der Waals surface area contributed by atoms with Gasteiger partial charge in [0.15, 0.2) is 5.75 Å². The maximum Gasteiger partial charge on any atom is 0.159 e. The van der Waals surface area contributed by atoms with Crippen LogP contribution in [-0.4, -0.2) is 26.3 Å². The van der Waals surface area contributed by atoms with E-state index in [1.54, 1.807) is 0 Å². The Labute approximate surface area is 96.1 Å². The number of rotatable bonds is 0. The van der Waals surface area contributed by atoms with Crippen molar-refractivity contribution < 1.29 is 9.47 Å². The molecule has 2 aliphatic heterocycles. The van der Waals surface area contributed by atoms with E-state index >= 15 is 0 Å². The minimum absolute atomic E-state index is 0.784. The lowest BCUT2D eigenvalue weighted by Gasteiger charge is -2.36. The zero-order chi connectivity index (χ0) is 9.54. The van der Waals surface area contributed by atoms with Crippen molar-refractivity contribution >= 4 is 28.3 Å². The number of hydrogen-bond donors (Lipinski definition) is 0. The number of benzene rings is 1. The molecule has 3 rings (SSSR count). The van der Waals surface area contributed by atoms with E-state index in [-0.39, 0.29) is 0 Å². The monoisotopic (exact) mass is 303 g/mol. The predicted octanol–water partition coefficient (Wildman–Crippen LogP) is 1.88. The highest BCUT2D eigenvalue weighted by atomic mass is 127. The first kappa shape index (κ1) is 8.64. The molecule has 0 aliphatic carbocycles. The summed E-state index contributed by atoms with van der Waals surface area (Å²) in [6.45, 7) is 3.52. The molecule has 0 spiro atoms. The van der Waals surface area contributed by atoms with E-state index in [0.717, 1.165) is 47.1 Å². The minimum Gasteiger partial charge on any atom is -0.489 e. The van der Waals surface area contributed by atoms with Crippen LogP contribution in [0.5, 0.6) is 11.5 Å². The van der Waals surface area contributed by atoms with Gasteiger partial charge in [0.1, 0.15) is 24.7 Å². The van der Waals surface area contributed by atoms with E-state index in [1.807, 2.05) is 12.1 Å². The van der Waals surface area contributed by atoms with Crippen molar-refractivity contribution in [2.75, 3.05) is 31.2 Å². The molecular weight excluding hydrogens is 293 g/mol. The van der Waals surface area contributed by atoms with Gasteiger partial charge in [-0.1, -0.05) is 0 Å². The molecule has 4 heteroatoms. The zero-order valence-corrected chi connectivity index (χ0v) is 9.78. The van der Waals surface area contributed by atoms with E-state index in [1.165, 1.54) is 0 Å². The van der Waals surface area contributed by atoms with Crippen molar-refractivity contribution in [2.24, 2.45) is 0 Å². The Morgan fingerprint density at radius 3 is 2.79 bits per heavy atom. The minimum atomic E-state index is 0.784. The molecule has 2 aliphatic rings. The summed E-state index contributed by atoms with van der Waals surface area (Å²) in [7, 11) is 0. The van der Waals surface area contributed by atoms with Gasteiger partial charge in [0.2, 0.25) is 0 Å². The van der Waals surface area contributed by atoms with Gasteiger partial charge < -0.3 is 14.4 Å². The third kappa shape index (κ3) is 1.16. The summed E-state index contributed by atoms with van der Waals surface area (Å²) < 4.78 is 12.4. The van der Waals surface area contributed by atoms with Crippen LogP contribution in [0.3, 0.4) is 0 Å². The molecule has 0 aromatic heterocycles. The van der Waals surface area contributed by atoms with E-state index in [0.29, 0.717) is 0 Å². The topological polar surface area (TPSA) is 21.7 Å². The van der Waals surface area contributed by atoms with Crippen molar-refractivity contribution in [3.05, 3.63) is 15.7 Å². The van der Waals surface area contributed by atoms with Crippen LogP contribution in [0.4, 0.5) is 5.69 Å². The molecule has 0 unspecified atom stereocenters. The summed E-state index contributed by atoms with van der Waals surface area (Å²) in [5, 5.41) is 0. The highest BCUT2D eigenvalue weighted by Gasteiger charge is 2.27. The van der Waals surface area contributed by atoms with Gasteiger partial charge in [0.05, 0.1) is 16.7 Å². The normalized spacial score (nSPS) is 18.2. The van der Waals surface area contributed by atoms with Crippen LogP contribution >= 0.6 is 22.6 Å². The standard InChI is InChI=1S/C10H10INO2/c11-7-1-2-8-9-10(7)14-6-4-12(9)3-5-13-8/h1-2H,3-6H2. The Bertz CT molecular complexity index is 379. The third-order valence-corrected chi connectivity index (χ3v) is 3.44. The van der Waals surface area contributed by atoms with Gasteiger partial charge >= 0.3 is 0 Å². The van der Waals surface area contributed by atoms with E-state index in [9.17, 15) is 0 Å². The third-order valence-electron chi connectivity index (χ3n) is 2.59. The quantitative estimate of drug-likeness (QED) is 0.683. The van der Waals surface area contributed by atoms with Gasteiger partial charge in [-0.3, -0.25) is 0 Å². The summed E-state index contributed by atoms with van der Waals surface area (Å²) in [5.74, 6) is 1.96. The molecule has 0 amide bonds. The second-order valence-electron chi connectivity index (χ2n) is 3.41. The van der Waals surface area contributed by atoms with E-state index in [2.05, 4.69) is 27.5 Å². The molecular formula is C10H10INO2. The Kier molecular flexibility index (Phi) is 1.97. The summed E-state index contributed by atoms with van der Waals surface area (Å²) in [6.07, 6.45) is 0. The highest BCUT2D eigenvalue weighted by molar-refractivity contribution is 14.1. The molecule has 1 aromatic rings.